The van der Waals surface area contributed by atoms with Crippen LogP contribution in [0.5, 0.6) is 0 Å². The summed E-state index contributed by atoms with van der Waals surface area (Å²) in [6.07, 6.45) is -0.457. The number of alkyl carbamates (subject to hydrolysis) is 1. The summed E-state index contributed by atoms with van der Waals surface area (Å²) in [6, 6.07) is 17.9. The van der Waals surface area contributed by atoms with Crippen LogP contribution in [0.3, 0.4) is 0 Å². The molecule has 1 amide bonds. The fraction of sp³-hybridized carbons (Fsp3) is 0.150. The second kappa shape index (κ2) is 10.4. The standard InChI is InChI=1S/C20H19NO6/c22-18(23)12-11-17(19(24)26-13-15-7-3-1-4-8-15)21-20(25)27-14-16-9-5-2-6-10-16/h1-11H,12-14H2,(H,21,25)(H,22,23)/p-1. The maximum atomic E-state index is 12.2. The molecule has 7 heteroatoms. The number of carbonyl (C=O) groups excluding carboxylic acids is 3. The molecule has 0 aliphatic heterocycles. The first-order valence-corrected chi connectivity index (χ1v) is 8.13. The van der Waals surface area contributed by atoms with Crippen LogP contribution in [-0.4, -0.2) is 18.0 Å². The Morgan fingerprint density at radius 1 is 0.852 bits per heavy atom. The number of hydrogen-bond donors (Lipinski definition) is 1. The number of nitrogens with one attached hydrogen (secondary N) is 1. The number of benzene rings is 2. The summed E-state index contributed by atoms with van der Waals surface area (Å²) in [7, 11) is 0. The van der Waals surface area contributed by atoms with Crippen LogP contribution < -0.4 is 10.4 Å². The second-order valence-electron chi connectivity index (χ2n) is 5.44. The van der Waals surface area contributed by atoms with Crippen LogP contribution in [0.2, 0.25) is 0 Å². The fourth-order valence-electron chi connectivity index (χ4n) is 2.04. The fourth-order valence-corrected chi connectivity index (χ4v) is 2.04. The van der Waals surface area contributed by atoms with E-state index in [1.54, 1.807) is 48.5 Å². The van der Waals surface area contributed by atoms with E-state index in [1.807, 2.05) is 12.1 Å². The van der Waals surface area contributed by atoms with E-state index in [0.29, 0.717) is 0 Å². The van der Waals surface area contributed by atoms with Gasteiger partial charge in [0.15, 0.2) is 0 Å². The summed E-state index contributed by atoms with van der Waals surface area (Å²) < 4.78 is 10.1. The van der Waals surface area contributed by atoms with Gasteiger partial charge in [-0.05, 0) is 17.2 Å². The first kappa shape index (κ1) is 19.7. The minimum Gasteiger partial charge on any atom is -0.550 e. The van der Waals surface area contributed by atoms with Crippen molar-refractivity contribution in [2.75, 3.05) is 0 Å². The maximum Gasteiger partial charge on any atom is 0.412 e. The zero-order valence-corrected chi connectivity index (χ0v) is 14.4. The summed E-state index contributed by atoms with van der Waals surface area (Å²) in [5.41, 5.74) is 1.18. The van der Waals surface area contributed by atoms with Crippen LogP contribution in [0.4, 0.5) is 4.79 Å². The number of rotatable bonds is 8. The number of ether oxygens (including phenoxy) is 2. The van der Waals surface area contributed by atoms with E-state index in [-0.39, 0.29) is 18.9 Å². The Kier molecular flexibility index (Phi) is 7.59. The summed E-state index contributed by atoms with van der Waals surface area (Å²) in [4.78, 5) is 34.7. The summed E-state index contributed by atoms with van der Waals surface area (Å²) in [5.74, 6) is -2.28. The van der Waals surface area contributed by atoms with Crippen LogP contribution >= 0.6 is 0 Å². The van der Waals surface area contributed by atoms with E-state index in [0.717, 1.165) is 17.2 Å². The van der Waals surface area contributed by atoms with Gasteiger partial charge in [0.05, 0.1) is 0 Å². The quantitative estimate of drug-likeness (QED) is 0.561. The van der Waals surface area contributed by atoms with Gasteiger partial charge >= 0.3 is 12.1 Å². The molecule has 0 aromatic heterocycles. The minimum atomic E-state index is -1.40. The van der Waals surface area contributed by atoms with E-state index < -0.39 is 24.5 Å². The molecule has 0 unspecified atom stereocenters. The summed E-state index contributed by atoms with van der Waals surface area (Å²) >= 11 is 0. The molecule has 7 nitrogen and oxygen atoms in total. The highest BCUT2D eigenvalue weighted by Gasteiger charge is 2.15. The van der Waals surface area contributed by atoms with Gasteiger partial charge in [-0.1, -0.05) is 60.7 Å². The number of carbonyl (C=O) groups is 3. The van der Waals surface area contributed by atoms with Crippen molar-refractivity contribution in [2.45, 2.75) is 19.6 Å². The normalized spacial score (nSPS) is 10.7. The molecule has 0 radical (unpaired) electrons. The van der Waals surface area contributed by atoms with Crippen LogP contribution in [-0.2, 0) is 32.3 Å². The third-order valence-corrected chi connectivity index (χ3v) is 3.36. The van der Waals surface area contributed by atoms with Crippen molar-refractivity contribution < 1.29 is 29.0 Å². The minimum absolute atomic E-state index is 0.000494. The lowest BCUT2D eigenvalue weighted by Crippen LogP contribution is -2.30. The number of carboxylic acids is 1. The van der Waals surface area contributed by atoms with Gasteiger partial charge < -0.3 is 19.4 Å². The Morgan fingerprint density at radius 2 is 1.37 bits per heavy atom. The van der Waals surface area contributed by atoms with Crippen LogP contribution in [0.25, 0.3) is 0 Å². The van der Waals surface area contributed by atoms with Gasteiger partial charge in [-0.15, -0.1) is 0 Å². The molecule has 2 aromatic rings. The Labute approximate surface area is 156 Å². The van der Waals surface area contributed by atoms with Crippen molar-refractivity contribution in [3.63, 3.8) is 0 Å². The van der Waals surface area contributed by atoms with Crippen LogP contribution in [0.1, 0.15) is 17.5 Å². The molecule has 2 aromatic carbocycles. The molecule has 140 valence electrons. The summed E-state index contributed by atoms with van der Waals surface area (Å²) in [5, 5.41) is 12.9. The Hall–Kier alpha value is -3.61. The van der Waals surface area contributed by atoms with Crippen molar-refractivity contribution in [2.24, 2.45) is 0 Å². The number of esters is 1. The lowest BCUT2D eigenvalue weighted by molar-refractivity contribution is -0.304. The molecule has 0 saturated heterocycles. The second-order valence-corrected chi connectivity index (χ2v) is 5.44. The number of carboxylic acid groups (broad SMARTS) is 1. The highest BCUT2D eigenvalue weighted by atomic mass is 16.6. The molecule has 0 atom stereocenters. The first-order valence-electron chi connectivity index (χ1n) is 8.13. The third kappa shape index (κ3) is 7.43. The molecule has 0 bridgehead atoms. The van der Waals surface area contributed by atoms with Gasteiger partial charge in [0.2, 0.25) is 0 Å². The molecule has 0 heterocycles. The van der Waals surface area contributed by atoms with Gasteiger partial charge in [-0.3, -0.25) is 5.32 Å². The number of hydrogen-bond acceptors (Lipinski definition) is 6. The maximum absolute atomic E-state index is 12.2. The van der Waals surface area contributed by atoms with Gasteiger partial charge in [-0.2, -0.15) is 0 Å². The SMILES string of the molecule is O=C([O-])CC=C(NC(=O)OCc1ccccc1)C(=O)OCc1ccccc1. The Balaban J connectivity index is 1.93. The zero-order valence-electron chi connectivity index (χ0n) is 14.4. The van der Waals surface area contributed by atoms with Crippen molar-refractivity contribution in [3.8, 4) is 0 Å². The van der Waals surface area contributed by atoms with Crippen molar-refractivity contribution >= 4 is 18.0 Å². The van der Waals surface area contributed by atoms with E-state index in [2.05, 4.69) is 5.32 Å². The van der Waals surface area contributed by atoms with Gasteiger partial charge in [0.1, 0.15) is 18.9 Å². The average Bonchev–Trinajstić information content (AvgIpc) is 2.69. The van der Waals surface area contributed by atoms with Crippen LogP contribution in [0, 0.1) is 0 Å². The molecule has 0 spiro atoms. The van der Waals surface area contributed by atoms with E-state index in [9.17, 15) is 19.5 Å². The zero-order chi connectivity index (χ0) is 19.5. The van der Waals surface area contributed by atoms with E-state index in [1.165, 1.54) is 0 Å². The molecule has 0 fully saturated rings. The third-order valence-electron chi connectivity index (χ3n) is 3.36. The predicted octanol–water partition coefficient (Wildman–Crippen LogP) is 1.68. The Bertz CT molecular complexity index is 802. The van der Waals surface area contributed by atoms with Crippen molar-refractivity contribution in [1.82, 2.24) is 5.32 Å². The van der Waals surface area contributed by atoms with Gasteiger partial charge in [-0.25, -0.2) is 9.59 Å². The molecular formula is C20H18NO6-. The molecule has 0 aliphatic rings. The molecular weight excluding hydrogens is 350 g/mol. The monoisotopic (exact) mass is 368 g/mol. The average molecular weight is 368 g/mol. The Morgan fingerprint density at radius 3 is 1.89 bits per heavy atom. The lowest BCUT2D eigenvalue weighted by atomic mass is 10.2. The van der Waals surface area contributed by atoms with Gasteiger partial charge in [0.25, 0.3) is 0 Å². The topological polar surface area (TPSA) is 105 Å². The smallest absolute Gasteiger partial charge is 0.412 e. The van der Waals surface area contributed by atoms with Gasteiger partial charge in [0, 0.05) is 12.4 Å². The predicted molar refractivity (Wildman–Crippen MR) is 93.7 cm³/mol. The molecule has 2 rings (SSSR count). The van der Waals surface area contributed by atoms with E-state index >= 15 is 0 Å². The molecule has 27 heavy (non-hydrogen) atoms. The van der Waals surface area contributed by atoms with E-state index in [4.69, 9.17) is 9.47 Å². The molecule has 0 aliphatic carbocycles. The van der Waals surface area contributed by atoms with Crippen molar-refractivity contribution in [1.29, 1.82) is 0 Å². The van der Waals surface area contributed by atoms with Crippen molar-refractivity contribution in [3.05, 3.63) is 83.6 Å². The van der Waals surface area contributed by atoms with Crippen LogP contribution in [0.15, 0.2) is 72.4 Å². The first-order chi connectivity index (χ1) is 13.0. The lowest BCUT2D eigenvalue weighted by Gasteiger charge is -2.11. The molecule has 0 saturated carbocycles. The molecule has 1 N–H and O–H groups in total. The number of aliphatic carboxylic acids is 1. The highest BCUT2D eigenvalue weighted by molar-refractivity contribution is 5.92. The highest BCUT2D eigenvalue weighted by Crippen LogP contribution is 2.05. The number of amides is 1. The largest absolute Gasteiger partial charge is 0.550 e. The summed E-state index contributed by atoms with van der Waals surface area (Å²) in [6.45, 7) is -0.0252.